The van der Waals surface area contributed by atoms with E-state index in [1.807, 2.05) is 30.3 Å². The molecule has 0 N–H and O–H groups in total. The molecule has 0 unspecified atom stereocenters. The highest BCUT2D eigenvalue weighted by Gasteiger charge is 2.06. The van der Waals surface area contributed by atoms with E-state index in [0.29, 0.717) is 10.9 Å². The first-order chi connectivity index (χ1) is 17.7. The van der Waals surface area contributed by atoms with Crippen LogP contribution in [0.1, 0.15) is 79.3 Å². The normalized spacial score (nSPS) is 10.9. The van der Waals surface area contributed by atoms with Crippen LogP contribution in [0.4, 0.5) is 4.39 Å². The molecule has 0 aliphatic carbocycles. The Labute approximate surface area is 216 Å². The Morgan fingerprint density at radius 3 is 1.81 bits per heavy atom. The van der Waals surface area contributed by atoms with Crippen molar-refractivity contribution < 1.29 is 4.39 Å². The summed E-state index contributed by atoms with van der Waals surface area (Å²) in [5.74, 6) is 5.96. The van der Waals surface area contributed by atoms with Gasteiger partial charge in [-0.25, -0.2) is 4.39 Å². The van der Waals surface area contributed by atoms with Gasteiger partial charge in [0.05, 0.1) is 5.56 Å². The molecule has 0 bridgehead atoms. The fourth-order valence-corrected chi connectivity index (χ4v) is 4.61. The third kappa shape index (κ3) is 7.08. The van der Waals surface area contributed by atoms with Crippen molar-refractivity contribution in [1.82, 2.24) is 0 Å². The van der Waals surface area contributed by atoms with Crippen molar-refractivity contribution in [1.29, 1.82) is 0 Å². The average molecular weight is 477 g/mol. The maximum atomic E-state index is 15.1. The molecular weight excluding hydrogens is 439 g/mol. The average Bonchev–Trinajstić information content (AvgIpc) is 2.92. The fraction of sp³-hybridized carbons (Fsp3) is 0.314. The van der Waals surface area contributed by atoms with E-state index < -0.39 is 0 Å². The van der Waals surface area contributed by atoms with Crippen molar-refractivity contribution >= 4 is 10.8 Å². The zero-order valence-electron chi connectivity index (χ0n) is 21.7. The minimum absolute atomic E-state index is 0.227. The van der Waals surface area contributed by atoms with Crippen LogP contribution < -0.4 is 0 Å². The van der Waals surface area contributed by atoms with E-state index in [-0.39, 0.29) is 5.82 Å². The summed E-state index contributed by atoms with van der Waals surface area (Å²) in [6, 6.07) is 27.3. The van der Waals surface area contributed by atoms with Crippen LogP contribution in [0.5, 0.6) is 0 Å². The number of halogens is 1. The maximum Gasteiger partial charge on any atom is 0.146 e. The summed E-state index contributed by atoms with van der Waals surface area (Å²) in [5.41, 5.74) is 6.73. The van der Waals surface area contributed by atoms with E-state index in [4.69, 9.17) is 0 Å². The van der Waals surface area contributed by atoms with Gasteiger partial charge in [-0.3, -0.25) is 0 Å². The summed E-state index contributed by atoms with van der Waals surface area (Å²) >= 11 is 0. The third-order valence-corrected chi connectivity index (χ3v) is 6.93. The second-order valence-corrected chi connectivity index (χ2v) is 9.81. The highest BCUT2D eigenvalue weighted by molar-refractivity contribution is 5.85. The van der Waals surface area contributed by atoms with Gasteiger partial charge in [0.2, 0.25) is 0 Å². The number of hydrogen-bond acceptors (Lipinski definition) is 0. The minimum Gasteiger partial charge on any atom is -0.205 e. The first-order valence-electron chi connectivity index (χ1n) is 13.6. The van der Waals surface area contributed by atoms with Crippen molar-refractivity contribution in [3.8, 4) is 11.8 Å². The molecule has 4 rings (SSSR count). The number of fused-ring (bicyclic) bond motifs is 1. The van der Waals surface area contributed by atoms with Gasteiger partial charge in [-0.05, 0) is 84.4 Å². The Kier molecular flexibility index (Phi) is 9.34. The zero-order valence-corrected chi connectivity index (χ0v) is 21.7. The van der Waals surface area contributed by atoms with E-state index in [9.17, 15) is 0 Å². The summed E-state index contributed by atoms with van der Waals surface area (Å²) in [6.45, 7) is 4.43. The molecule has 0 fully saturated rings. The summed E-state index contributed by atoms with van der Waals surface area (Å²) in [6.07, 6.45) is 10.4. The molecule has 0 saturated heterocycles. The van der Waals surface area contributed by atoms with E-state index in [1.165, 1.54) is 47.9 Å². The first kappa shape index (κ1) is 25.7. The summed E-state index contributed by atoms with van der Waals surface area (Å²) in [5, 5.41) is 1.59. The SMILES string of the molecule is CCCCCc1ccc(CCc2ccc(C#Cc3ccc4cc(CCCC)ccc4c3F)cc2)cc1. The molecular formula is C35H37F. The number of benzene rings is 4. The number of unbranched alkanes of at least 4 members (excludes halogenated alkanes) is 3. The summed E-state index contributed by atoms with van der Waals surface area (Å²) in [4.78, 5) is 0. The second-order valence-electron chi connectivity index (χ2n) is 9.81. The lowest BCUT2D eigenvalue weighted by molar-refractivity contribution is 0.636. The van der Waals surface area contributed by atoms with Crippen LogP contribution in [-0.2, 0) is 25.7 Å². The van der Waals surface area contributed by atoms with Crippen molar-refractivity contribution in [3.63, 3.8) is 0 Å². The van der Waals surface area contributed by atoms with Crippen molar-refractivity contribution in [3.05, 3.63) is 118 Å². The molecule has 0 saturated carbocycles. The highest BCUT2D eigenvalue weighted by atomic mass is 19.1. The van der Waals surface area contributed by atoms with Gasteiger partial charge in [0.25, 0.3) is 0 Å². The van der Waals surface area contributed by atoms with Crippen LogP contribution in [-0.4, -0.2) is 0 Å². The van der Waals surface area contributed by atoms with E-state index >= 15 is 4.39 Å². The Hall–Kier alpha value is -3.37. The van der Waals surface area contributed by atoms with Crippen LogP contribution in [0.15, 0.2) is 78.9 Å². The predicted molar refractivity (Wildman–Crippen MR) is 152 cm³/mol. The van der Waals surface area contributed by atoms with Crippen LogP contribution in [0.3, 0.4) is 0 Å². The Morgan fingerprint density at radius 1 is 0.556 bits per heavy atom. The number of rotatable bonds is 10. The number of hydrogen-bond donors (Lipinski definition) is 0. The minimum atomic E-state index is -0.227. The summed E-state index contributed by atoms with van der Waals surface area (Å²) < 4.78 is 15.1. The van der Waals surface area contributed by atoms with Crippen LogP contribution in [0.2, 0.25) is 0 Å². The molecule has 4 aromatic rings. The second kappa shape index (κ2) is 13.1. The van der Waals surface area contributed by atoms with Gasteiger partial charge in [0.15, 0.2) is 0 Å². The topological polar surface area (TPSA) is 0 Å². The van der Waals surface area contributed by atoms with Gasteiger partial charge < -0.3 is 0 Å². The molecule has 0 aromatic heterocycles. The molecule has 4 aromatic carbocycles. The van der Waals surface area contributed by atoms with Gasteiger partial charge in [0, 0.05) is 10.9 Å². The van der Waals surface area contributed by atoms with Gasteiger partial charge >= 0.3 is 0 Å². The molecule has 0 aliphatic rings. The van der Waals surface area contributed by atoms with Crippen molar-refractivity contribution in [2.24, 2.45) is 0 Å². The van der Waals surface area contributed by atoms with Crippen LogP contribution >= 0.6 is 0 Å². The van der Waals surface area contributed by atoms with Crippen molar-refractivity contribution in [2.45, 2.75) is 71.6 Å². The van der Waals surface area contributed by atoms with Gasteiger partial charge in [-0.1, -0.05) is 106 Å². The van der Waals surface area contributed by atoms with Crippen LogP contribution in [0, 0.1) is 17.7 Å². The molecule has 184 valence electrons. The highest BCUT2D eigenvalue weighted by Crippen LogP contribution is 2.23. The third-order valence-electron chi connectivity index (χ3n) is 6.93. The van der Waals surface area contributed by atoms with Gasteiger partial charge in [-0.15, -0.1) is 0 Å². The molecule has 0 amide bonds. The quantitative estimate of drug-likeness (QED) is 0.158. The maximum absolute atomic E-state index is 15.1. The number of aryl methyl sites for hydroxylation is 4. The van der Waals surface area contributed by atoms with Gasteiger partial charge in [-0.2, -0.15) is 0 Å². The molecule has 0 heterocycles. The van der Waals surface area contributed by atoms with E-state index in [2.05, 4.69) is 68.2 Å². The molecule has 0 nitrogen and oxygen atoms in total. The molecule has 0 radical (unpaired) electrons. The van der Waals surface area contributed by atoms with Crippen LogP contribution in [0.25, 0.3) is 10.8 Å². The van der Waals surface area contributed by atoms with Gasteiger partial charge in [0.1, 0.15) is 5.82 Å². The lowest BCUT2D eigenvalue weighted by atomic mass is 10.00. The Bertz CT molecular complexity index is 1320. The molecule has 0 aliphatic heterocycles. The fourth-order valence-electron chi connectivity index (χ4n) is 4.61. The lowest BCUT2D eigenvalue weighted by Gasteiger charge is -2.06. The lowest BCUT2D eigenvalue weighted by Crippen LogP contribution is -1.93. The Morgan fingerprint density at radius 2 is 1.14 bits per heavy atom. The Balaban J connectivity index is 1.36. The smallest absolute Gasteiger partial charge is 0.146 e. The molecule has 0 spiro atoms. The summed E-state index contributed by atoms with van der Waals surface area (Å²) in [7, 11) is 0. The largest absolute Gasteiger partial charge is 0.205 e. The van der Waals surface area contributed by atoms with E-state index in [0.717, 1.165) is 43.1 Å². The zero-order chi connectivity index (χ0) is 25.2. The standard InChI is InChI=1S/C35H37F/c1-3-5-7-9-27-10-12-28(13-11-27)14-15-29-16-18-30(19-17-29)20-22-32-23-24-33-26-31(8-6-4-2)21-25-34(33)35(32)36/h10-13,16-19,21,23-26H,3-9,14-15H2,1-2H3. The molecule has 1 heteroatoms. The first-order valence-corrected chi connectivity index (χ1v) is 13.6. The molecule has 36 heavy (non-hydrogen) atoms. The van der Waals surface area contributed by atoms with E-state index in [1.54, 1.807) is 6.07 Å². The monoisotopic (exact) mass is 476 g/mol. The predicted octanol–water partition coefficient (Wildman–Crippen LogP) is 9.24. The molecule has 0 atom stereocenters. The van der Waals surface area contributed by atoms with Crippen molar-refractivity contribution in [2.75, 3.05) is 0 Å².